The summed E-state index contributed by atoms with van der Waals surface area (Å²) in [6.07, 6.45) is 0. The van der Waals surface area contributed by atoms with E-state index in [9.17, 15) is 4.79 Å². The smallest absolute Gasteiger partial charge is 0.255 e. The average Bonchev–Trinajstić information content (AvgIpc) is 2.43. The van der Waals surface area contributed by atoms with E-state index in [0.717, 1.165) is 0 Å². The molecule has 1 amide bonds. The van der Waals surface area contributed by atoms with Crippen molar-refractivity contribution in [3.63, 3.8) is 0 Å². The topological polar surface area (TPSA) is 55.1 Å². The second kappa shape index (κ2) is 6.22. The molecule has 3 N–H and O–H groups in total. The fraction of sp³-hybridized carbons (Fsp3) is 0. The molecule has 0 bridgehead atoms. The number of nitrogens with one attached hydrogen (secondary N) is 1. The summed E-state index contributed by atoms with van der Waals surface area (Å²) in [6.45, 7) is 0. The van der Waals surface area contributed by atoms with E-state index < -0.39 is 0 Å². The van der Waals surface area contributed by atoms with Gasteiger partial charge in [0.15, 0.2) is 0 Å². The largest absolute Gasteiger partial charge is 0.389 e. The lowest BCUT2D eigenvalue weighted by Gasteiger charge is -2.08. The summed E-state index contributed by atoms with van der Waals surface area (Å²) in [6, 6.07) is 11.6. The van der Waals surface area contributed by atoms with Gasteiger partial charge in [-0.25, -0.2) is 0 Å². The molecule has 0 aliphatic rings. The normalized spacial score (nSPS) is 10.1. The Balaban J connectivity index is 2.26. The predicted octanol–water partition coefficient (Wildman–Crippen LogP) is 3.88. The Hall–Kier alpha value is -1.62. The molecule has 0 saturated heterocycles. The Bertz CT molecular complexity index is 689. The molecular weight excluding hydrogens is 315 g/mol. The number of rotatable bonds is 3. The molecule has 102 valence electrons. The molecule has 20 heavy (non-hydrogen) atoms. The van der Waals surface area contributed by atoms with Gasteiger partial charge in [0.1, 0.15) is 4.99 Å². The number of hydrogen-bond donors (Lipinski definition) is 2. The third-order valence-electron chi connectivity index (χ3n) is 2.59. The Kier molecular flexibility index (Phi) is 4.60. The molecule has 0 unspecified atom stereocenters. The fourth-order valence-corrected chi connectivity index (χ4v) is 2.07. The number of nitrogens with two attached hydrogens (primary N) is 1. The summed E-state index contributed by atoms with van der Waals surface area (Å²) in [5.74, 6) is -0.313. The Labute approximate surface area is 131 Å². The Morgan fingerprint density at radius 3 is 2.50 bits per heavy atom. The van der Waals surface area contributed by atoms with E-state index in [4.69, 9.17) is 41.2 Å². The van der Waals surface area contributed by atoms with E-state index in [2.05, 4.69) is 5.32 Å². The molecular formula is C14H10Cl2N2OS. The van der Waals surface area contributed by atoms with Gasteiger partial charge in [-0.3, -0.25) is 4.79 Å². The van der Waals surface area contributed by atoms with Gasteiger partial charge in [0, 0.05) is 16.1 Å². The van der Waals surface area contributed by atoms with Gasteiger partial charge in [-0.15, -0.1) is 0 Å². The van der Waals surface area contributed by atoms with Crippen LogP contribution in [0.25, 0.3) is 0 Å². The predicted molar refractivity (Wildman–Crippen MR) is 86.7 cm³/mol. The monoisotopic (exact) mass is 324 g/mol. The second-order valence-electron chi connectivity index (χ2n) is 4.02. The van der Waals surface area contributed by atoms with Crippen LogP contribution in [-0.4, -0.2) is 10.9 Å². The highest BCUT2D eigenvalue weighted by molar-refractivity contribution is 7.80. The van der Waals surface area contributed by atoms with E-state index in [1.807, 2.05) is 0 Å². The van der Waals surface area contributed by atoms with Crippen molar-refractivity contribution in [2.45, 2.75) is 0 Å². The first-order valence-electron chi connectivity index (χ1n) is 5.63. The highest BCUT2D eigenvalue weighted by atomic mass is 35.5. The molecule has 6 heteroatoms. The van der Waals surface area contributed by atoms with Crippen LogP contribution < -0.4 is 11.1 Å². The van der Waals surface area contributed by atoms with Crippen LogP contribution in [0.1, 0.15) is 15.9 Å². The molecule has 2 aromatic rings. The first-order chi connectivity index (χ1) is 9.47. The van der Waals surface area contributed by atoms with E-state index >= 15 is 0 Å². The minimum Gasteiger partial charge on any atom is -0.389 e. The van der Waals surface area contributed by atoms with Crippen molar-refractivity contribution >= 4 is 52.0 Å². The maximum Gasteiger partial charge on any atom is 0.255 e. The first kappa shape index (κ1) is 14.8. The molecule has 0 aromatic heterocycles. The number of carbonyl (C=O) groups is 1. The molecule has 0 atom stereocenters. The molecule has 0 aliphatic carbocycles. The van der Waals surface area contributed by atoms with Crippen molar-refractivity contribution in [2.75, 3.05) is 5.32 Å². The number of thiocarbonyl (C=S) groups is 1. The van der Waals surface area contributed by atoms with E-state index in [1.54, 1.807) is 42.5 Å². The van der Waals surface area contributed by atoms with Crippen molar-refractivity contribution in [2.24, 2.45) is 5.73 Å². The van der Waals surface area contributed by atoms with Crippen molar-refractivity contribution < 1.29 is 4.79 Å². The minimum atomic E-state index is -0.313. The molecule has 0 fully saturated rings. The number of carbonyl (C=O) groups excluding carboxylic acids is 1. The lowest BCUT2D eigenvalue weighted by atomic mass is 10.1. The molecule has 0 heterocycles. The van der Waals surface area contributed by atoms with Crippen LogP contribution in [0, 0.1) is 0 Å². The van der Waals surface area contributed by atoms with Gasteiger partial charge in [0.05, 0.1) is 10.7 Å². The standard InChI is InChI=1S/C14H10Cl2N2OS/c15-10-4-5-11(16)12(7-10)18-14(19)9-3-1-2-8(6-9)13(17)20/h1-7H,(H2,17,20)(H,18,19). The van der Waals surface area contributed by atoms with Gasteiger partial charge >= 0.3 is 0 Å². The van der Waals surface area contributed by atoms with Crippen LogP contribution in [0.2, 0.25) is 10.0 Å². The van der Waals surface area contributed by atoms with Crippen LogP contribution >= 0.6 is 35.4 Å². The quantitative estimate of drug-likeness (QED) is 0.842. The van der Waals surface area contributed by atoms with Crippen LogP contribution in [0.15, 0.2) is 42.5 Å². The first-order valence-corrected chi connectivity index (χ1v) is 6.80. The van der Waals surface area contributed by atoms with Gasteiger partial charge in [-0.05, 0) is 30.3 Å². The summed E-state index contributed by atoms with van der Waals surface area (Å²) >= 11 is 16.7. The molecule has 0 radical (unpaired) electrons. The van der Waals surface area contributed by atoms with Crippen LogP contribution in [0.4, 0.5) is 5.69 Å². The lowest BCUT2D eigenvalue weighted by Crippen LogP contribution is -2.15. The van der Waals surface area contributed by atoms with E-state index in [0.29, 0.717) is 26.9 Å². The van der Waals surface area contributed by atoms with Crippen molar-refractivity contribution in [1.82, 2.24) is 0 Å². The maximum atomic E-state index is 12.2. The summed E-state index contributed by atoms with van der Waals surface area (Å²) in [7, 11) is 0. The molecule has 0 aliphatic heterocycles. The summed E-state index contributed by atoms with van der Waals surface area (Å²) < 4.78 is 0. The number of hydrogen-bond acceptors (Lipinski definition) is 2. The third-order valence-corrected chi connectivity index (χ3v) is 3.39. The van der Waals surface area contributed by atoms with E-state index in [-0.39, 0.29) is 10.9 Å². The summed E-state index contributed by atoms with van der Waals surface area (Å²) in [5.41, 5.74) is 7.06. The van der Waals surface area contributed by atoms with Gasteiger partial charge < -0.3 is 11.1 Å². The molecule has 3 nitrogen and oxygen atoms in total. The molecule has 0 spiro atoms. The molecule has 0 saturated carbocycles. The number of halogens is 2. The summed E-state index contributed by atoms with van der Waals surface area (Å²) in [5, 5.41) is 3.59. The second-order valence-corrected chi connectivity index (χ2v) is 5.31. The molecule has 2 rings (SSSR count). The third kappa shape index (κ3) is 3.48. The van der Waals surface area contributed by atoms with Gasteiger partial charge in [-0.2, -0.15) is 0 Å². The van der Waals surface area contributed by atoms with Gasteiger partial charge in [-0.1, -0.05) is 47.6 Å². The zero-order chi connectivity index (χ0) is 14.7. The zero-order valence-corrected chi connectivity index (χ0v) is 12.5. The maximum absolute atomic E-state index is 12.2. The van der Waals surface area contributed by atoms with Crippen molar-refractivity contribution in [3.8, 4) is 0 Å². The number of benzene rings is 2. The fourth-order valence-electron chi connectivity index (χ4n) is 1.60. The zero-order valence-electron chi connectivity index (χ0n) is 10.2. The number of anilines is 1. The Morgan fingerprint density at radius 2 is 1.80 bits per heavy atom. The minimum absolute atomic E-state index is 0.237. The molecule has 2 aromatic carbocycles. The van der Waals surface area contributed by atoms with Crippen molar-refractivity contribution in [1.29, 1.82) is 0 Å². The van der Waals surface area contributed by atoms with Crippen molar-refractivity contribution in [3.05, 3.63) is 63.6 Å². The number of amides is 1. The van der Waals surface area contributed by atoms with Gasteiger partial charge in [0.25, 0.3) is 5.91 Å². The summed E-state index contributed by atoms with van der Waals surface area (Å²) in [4.78, 5) is 12.4. The van der Waals surface area contributed by atoms with Crippen LogP contribution in [0.5, 0.6) is 0 Å². The Morgan fingerprint density at radius 1 is 1.10 bits per heavy atom. The van der Waals surface area contributed by atoms with Gasteiger partial charge in [0.2, 0.25) is 0 Å². The van der Waals surface area contributed by atoms with Crippen LogP contribution in [-0.2, 0) is 0 Å². The lowest BCUT2D eigenvalue weighted by molar-refractivity contribution is 0.102. The SMILES string of the molecule is NC(=S)c1cccc(C(=O)Nc2cc(Cl)ccc2Cl)c1. The van der Waals surface area contributed by atoms with E-state index in [1.165, 1.54) is 0 Å². The highest BCUT2D eigenvalue weighted by Gasteiger charge is 2.10. The highest BCUT2D eigenvalue weighted by Crippen LogP contribution is 2.25. The average molecular weight is 325 g/mol. The van der Waals surface area contributed by atoms with Crippen LogP contribution in [0.3, 0.4) is 0 Å².